The Kier molecular flexibility index (Phi) is 3.72. The molecule has 2 aromatic rings. The van der Waals surface area contributed by atoms with Crippen molar-refractivity contribution < 1.29 is 4.79 Å². The van der Waals surface area contributed by atoms with Crippen LogP contribution in [0.5, 0.6) is 0 Å². The summed E-state index contributed by atoms with van der Waals surface area (Å²) in [6, 6.07) is 8.19. The molecule has 1 amide bonds. The van der Waals surface area contributed by atoms with Gasteiger partial charge in [-0.1, -0.05) is 0 Å². The van der Waals surface area contributed by atoms with E-state index in [0.717, 1.165) is 29.8 Å². The van der Waals surface area contributed by atoms with Crippen LogP contribution in [-0.2, 0) is 6.42 Å². The Bertz CT molecular complexity index is 677. The zero-order valence-electron chi connectivity index (χ0n) is 12.6. The average Bonchev–Trinajstić information content (AvgIpc) is 2.96. The molecule has 1 N–H and O–H groups in total. The lowest BCUT2D eigenvalue weighted by Gasteiger charge is -2.33. The fraction of sp³-hybridized carbons (Fsp3) is 0.353. The smallest absolute Gasteiger partial charge is 0.254 e. The molecule has 3 rings (SSSR count). The number of carbonyl (C=O) groups excluding carboxylic acids is 1. The fourth-order valence-corrected chi connectivity index (χ4v) is 3.99. The first-order valence-electron chi connectivity index (χ1n) is 7.27. The van der Waals surface area contributed by atoms with Gasteiger partial charge in [-0.3, -0.25) is 4.79 Å². The van der Waals surface area contributed by atoms with Gasteiger partial charge in [-0.2, -0.15) is 0 Å². The third-order valence-electron chi connectivity index (χ3n) is 4.28. The summed E-state index contributed by atoms with van der Waals surface area (Å²) in [5.41, 5.74) is 4.25. The number of aryl methyl sites for hydroxylation is 1. The Labute approximate surface area is 129 Å². The number of benzene rings is 1. The number of nitrogens with one attached hydrogen (secondary N) is 1. The van der Waals surface area contributed by atoms with Crippen LogP contribution in [0.1, 0.15) is 39.3 Å². The minimum atomic E-state index is 0.130. The summed E-state index contributed by atoms with van der Waals surface area (Å²) in [6.45, 7) is 4.96. The number of carbonyl (C=O) groups is 1. The highest BCUT2D eigenvalue weighted by atomic mass is 32.1. The Morgan fingerprint density at radius 3 is 2.90 bits per heavy atom. The van der Waals surface area contributed by atoms with E-state index >= 15 is 0 Å². The quantitative estimate of drug-likeness (QED) is 0.913. The summed E-state index contributed by atoms with van der Waals surface area (Å²) in [5, 5.41) is 5.26. The zero-order chi connectivity index (χ0) is 15.0. The van der Waals surface area contributed by atoms with Crippen LogP contribution in [0.2, 0.25) is 0 Å². The van der Waals surface area contributed by atoms with Gasteiger partial charge in [0.2, 0.25) is 0 Å². The minimum absolute atomic E-state index is 0.130. The monoisotopic (exact) mass is 300 g/mol. The van der Waals surface area contributed by atoms with Crippen LogP contribution < -0.4 is 5.32 Å². The molecule has 0 saturated carbocycles. The van der Waals surface area contributed by atoms with Crippen molar-refractivity contribution in [1.29, 1.82) is 0 Å². The van der Waals surface area contributed by atoms with Crippen molar-refractivity contribution in [2.75, 3.05) is 18.9 Å². The molecule has 1 aromatic heterocycles. The van der Waals surface area contributed by atoms with Crippen molar-refractivity contribution in [2.45, 2.75) is 26.3 Å². The molecule has 110 valence electrons. The molecule has 1 aromatic carbocycles. The molecule has 1 aliphatic heterocycles. The van der Waals surface area contributed by atoms with Gasteiger partial charge < -0.3 is 10.2 Å². The van der Waals surface area contributed by atoms with Gasteiger partial charge in [0.25, 0.3) is 5.91 Å². The van der Waals surface area contributed by atoms with E-state index in [1.807, 2.05) is 37.1 Å². The maximum Gasteiger partial charge on any atom is 0.254 e. The molecule has 3 nitrogen and oxygen atoms in total. The maximum atomic E-state index is 12.8. The summed E-state index contributed by atoms with van der Waals surface area (Å²) in [6.07, 6.45) is 0.969. The highest BCUT2D eigenvalue weighted by Gasteiger charge is 2.28. The number of thiophene rings is 1. The van der Waals surface area contributed by atoms with Gasteiger partial charge in [0.05, 0.1) is 6.04 Å². The van der Waals surface area contributed by atoms with E-state index < -0.39 is 0 Å². The molecule has 0 saturated heterocycles. The second-order valence-electron chi connectivity index (χ2n) is 5.50. The lowest BCUT2D eigenvalue weighted by atomic mass is 9.99. The summed E-state index contributed by atoms with van der Waals surface area (Å²) in [7, 11) is 1.90. The summed E-state index contributed by atoms with van der Waals surface area (Å²) in [5.74, 6) is 0.130. The largest absolute Gasteiger partial charge is 0.388 e. The standard InChI is InChI=1S/C17H20N2OS/c1-11-10-13(4-5-15(11)18-3)17(20)19-8-6-16-14(12(19)2)7-9-21-16/h4-5,7,9-10,12,18H,6,8H2,1-3H3. The molecule has 1 unspecified atom stereocenters. The van der Waals surface area contributed by atoms with E-state index in [1.54, 1.807) is 11.3 Å². The van der Waals surface area contributed by atoms with E-state index in [-0.39, 0.29) is 11.9 Å². The molecule has 0 bridgehead atoms. The van der Waals surface area contributed by atoms with Gasteiger partial charge >= 0.3 is 0 Å². The van der Waals surface area contributed by atoms with Crippen LogP contribution in [0.4, 0.5) is 5.69 Å². The number of hydrogen-bond donors (Lipinski definition) is 1. The van der Waals surface area contributed by atoms with Crippen LogP contribution >= 0.6 is 11.3 Å². The van der Waals surface area contributed by atoms with Crippen molar-refractivity contribution in [3.8, 4) is 0 Å². The third kappa shape index (κ3) is 2.44. The zero-order valence-corrected chi connectivity index (χ0v) is 13.5. The van der Waals surface area contributed by atoms with Crippen LogP contribution in [0.25, 0.3) is 0 Å². The molecule has 2 heterocycles. The molecular weight excluding hydrogens is 280 g/mol. The normalized spacial score (nSPS) is 17.5. The fourth-order valence-electron chi connectivity index (χ4n) is 3.03. The van der Waals surface area contributed by atoms with Crippen LogP contribution in [0.3, 0.4) is 0 Å². The third-order valence-corrected chi connectivity index (χ3v) is 5.28. The Morgan fingerprint density at radius 2 is 2.19 bits per heavy atom. The van der Waals surface area contributed by atoms with Crippen LogP contribution in [-0.4, -0.2) is 24.4 Å². The summed E-state index contributed by atoms with van der Waals surface area (Å²) in [4.78, 5) is 16.2. The van der Waals surface area contributed by atoms with Crippen molar-refractivity contribution in [1.82, 2.24) is 4.90 Å². The molecule has 0 aliphatic carbocycles. The SMILES string of the molecule is CNc1ccc(C(=O)N2CCc3sccc3C2C)cc1C. The maximum absolute atomic E-state index is 12.8. The molecule has 0 radical (unpaired) electrons. The second-order valence-corrected chi connectivity index (χ2v) is 6.50. The van der Waals surface area contributed by atoms with E-state index in [9.17, 15) is 4.79 Å². The molecule has 1 aliphatic rings. The molecule has 0 fully saturated rings. The minimum Gasteiger partial charge on any atom is -0.388 e. The predicted octanol–water partition coefficient (Wildman–Crippen LogP) is 3.86. The van der Waals surface area contributed by atoms with Gasteiger partial charge in [0, 0.05) is 29.7 Å². The van der Waals surface area contributed by atoms with E-state index in [2.05, 4.69) is 23.7 Å². The van der Waals surface area contributed by atoms with E-state index in [0.29, 0.717) is 0 Å². The first-order chi connectivity index (χ1) is 10.1. The topological polar surface area (TPSA) is 32.3 Å². The number of anilines is 1. The van der Waals surface area contributed by atoms with Gasteiger partial charge in [0.1, 0.15) is 0 Å². The second kappa shape index (κ2) is 5.53. The Hall–Kier alpha value is -1.81. The lowest BCUT2D eigenvalue weighted by Crippen LogP contribution is -2.38. The van der Waals surface area contributed by atoms with Crippen molar-refractivity contribution in [2.24, 2.45) is 0 Å². The number of rotatable bonds is 2. The van der Waals surface area contributed by atoms with Gasteiger partial charge in [-0.05, 0) is 61.0 Å². The number of fused-ring (bicyclic) bond motifs is 1. The van der Waals surface area contributed by atoms with Crippen LogP contribution in [0.15, 0.2) is 29.6 Å². The first-order valence-corrected chi connectivity index (χ1v) is 8.15. The molecule has 21 heavy (non-hydrogen) atoms. The number of hydrogen-bond acceptors (Lipinski definition) is 3. The predicted molar refractivity (Wildman–Crippen MR) is 88.2 cm³/mol. The Balaban J connectivity index is 1.88. The summed E-state index contributed by atoms with van der Waals surface area (Å²) < 4.78 is 0. The summed E-state index contributed by atoms with van der Waals surface area (Å²) >= 11 is 1.80. The molecule has 4 heteroatoms. The van der Waals surface area contributed by atoms with Gasteiger partial charge in [-0.15, -0.1) is 11.3 Å². The number of amides is 1. The number of nitrogens with zero attached hydrogens (tertiary/aromatic N) is 1. The van der Waals surface area contributed by atoms with Crippen molar-refractivity contribution >= 4 is 22.9 Å². The Morgan fingerprint density at radius 1 is 1.38 bits per heavy atom. The molecular formula is C17H20N2OS. The van der Waals surface area contributed by atoms with E-state index in [4.69, 9.17) is 0 Å². The van der Waals surface area contributed by atoms with Gasteiger partial charge in [-0.25, -0.2) is 0 Å². The molecule has 0 spiro atoms. The highest BCUT2D eigenvalue weighted by Crippen LogP contribution is 2.33. The average molecular weight is 300 g/mol. The van der Waals surface area contributed by atoms with Crippen molar-refractivity contribution in [3.63, 3.8) is 0 Å². The lowest BCUT2D eigenvalue weighted by molar-refractivity contribution is 0.0679. The molecule has 1 atom stereocenters. The highest BCUT2D eigenvalue weighted by molar-refractivity contribution is 7.10. The van der Waals surface area contributed by atoms with Crippen LogP contribution in [0, 0.1) is 6.92 Å². The van der Waals surface area contributed by atoms with Crippen molar-refractivity contribution in [3.05, 3.63) is 51.2 Å². The first kappa shape index (κ1) is 14.1. The van der Waals surface area contributed by atoms with E-state index in [1.165, 1.54) is 10.4 Å². The van der Waals surface area contributed by atoms with Gasteiger partial charge in [0.15, 0.2) is 0 Å².